The summed E-state index contributed by atoms with van der Waals surface area (Å²) in [6, 6.07) is 0.587. The van der Waals surface area contributed by atoms with E-state index in [1.54, 1.807) is 0 Å². The van der Waals surface area contributed by atoms with E-state index in [2.05, 4.69) is 24.5 Å². The van der Waals surface area contributed by atoms with Crippen LogP contribution in [0.5, 0.6) is 0 Å². The highest BCUT2D eigenvalue weighted by Gasteiger charge is 2.24. The van der Waals surface area contributed by atoms with Crippen molar-refractivity contribution in [2.75, 3.05) is 0 Å². The minimum Gasteiger partial charge on any atom is -0.336 e. The minimum absolute atomic E-state index is 0.0111. The van der Waals surface area contributed by atoms with Gasteiger partial charge in [-0.2, -0.15) is 0 Å². The SMILES string of the molecule is CC(C)NC(=O)NC1CCC(C(C)C)CC1. The molecule has 3 heteroatoms. The van der Waals surface area contributed by atoms with Crippen LogP contribution >= 0.6 is 0 Å². The molecule has 0 spiro atoms. The average molecular weight is 226 g/mol. The number of carbonyl (C=O) groups excluding carboxylic acids is 1. The second kappa shape index (κ2) is 6.12. The van der Waals surface area contributed by atoms with Gasteiger partial charge in [0.25, 0.3) is 0 Å². The van der Waals surface area contributed by atoms with Gasteiger partial charge in [0, 0.05) is 12.1 Å². The quantitative estimate of drug-likeness (QED) is 0.763. The molecule has 1 aliphatic carbocycles. The first-order valence-electron chi connectivity index (χ1n) is 6.56. The zero-order valence-electron chi connectivity index (χ0n) is 11.0. The van der Waals surface area contributed by atoms with Crippen molar-refractivity contribution < 1.29 is 4.79 Å². The smallest absolute Gasteiger partial charge is 0.315 e. The fraction of sp³-hybridized carbons (Fsp3) is 0.923. The summed E-state index contributed by atoms with van der Waals surface area (Å²) >= 11 is 0. The molecule has 0 unspecified atom stereocenters. The number of carbonyl (C=O) groups is 1. The van der Waals surface area contributed by atoms with Crippen molar-refractivity contribution in [1.29, 1.82) is 0 Å². The van der Waals surface area contributed by atoms with E-state index in [1.165, 1.54) is 12.8 Å². The van der Waals surface area contributed by atoms with Crippen LogP contribution in [-0.4, -0.2) is 18.1 Å². The van der Waals surface area contributed by atoms with Crippen LogP contribution < -0.4 is 10.6 Å². The van der Waals surface area contributed by atoms with Gasteiger partial charge in [0.15, 0.2) is 0 Å². The van der Waals surface area contributed by atoms with E-state index in [9.17, 15) is 4.79 Å². The molecule has 2 N–H and O–H groups in total. The Labute approximate surface area is 99.4 Å². The van der Waals surface area contributed by atoms with Gasteiger partial charge in [0.2, 0.25) is 0 Å². The van der Waals surface area contributed by atoms with Gasteiger partial charge in [-0.15, -0.1) is 0 Å². The standard InChI is InChI=1S/C13H26N2O/c1-9(2)11-5-7-12(8-6-11)15-13(16)14-10(3)4/h9-12H,5-8H2,1-4H3,(H2,14,15,16). The van der Waals surface area contributed by atoms with Crippen molar-refractivity contribution >= 4 is 6.03 Å². The van der Waals surface area contributed by atoms with Gasteiger partial charge in [-0.3, -0.25) is 0 Å². The van der Waals surface area contributed by atoms with Gasteiger partial charge in [0.1, 0.15) is 0 Å². The lowest BCUT2D eigenvalue weighted by molar-refractivity contribution is 0.214. The lowest BCUT2D eigenvalue weighted by Gasteiger charge is -2.31. The molecule has 0 heterocycles. The highest BCUT2D eigenvalue weighted by atomic mass is 16.2. The highest BCUT2D eigenvalue weighted by Crippen LogP contribution is 2.29. The Morgan fingerprint density at radius 3 is 2.06 bits per heavy atom. The Morgan fingerprint density at radius 1 is 1.06 bits per heavy atom. The van der Waals surface area contributed by atoms with Gasteiger partial charge < -0.3 is 10.6 Å². The Morgan fingerprint density at radius 2 is 1.62 bits per heavy atom. The molecule has 0 aliphatic heterocycles. The molecule has 1 fully saturated rings. The number of amides is 2. The van der Waals surface area contributed by atoms with Crippen LogP contribution in [0.15, 0.2) is 0 Å². The summed E-state index contributed by atoms with van der Waals surface area (Å²) in [4.78, 5) is 11.5. The van der Waals surface area contributed by atoms with Crippen molar-refractivity contribution in [3.05, 3.63) is 0 Å². The summed E-state index contributed by atoms with van der Waals surface area (Å²) in [6.07, 6.45) is 4.78. The topological polar surface area (TPSA) is 41.1 Å². The second-order valence-corrected chi connectivity index (χ2v) is 5.63. The maximum absolute atomic E-state index is 11.5. The largest absolute Gasteiger partial charge is 0.336 e. The molecule has 1 saturated carbocycles. The Bertz CT molecular complexity index is 218. The molecule has 2 amide bonds. The molecule has 94 valence electrons. The monoisotopic (exact) mass is 226 g/mol. The van der Waals surface area contributed by atoms with Crippen molar-refractivity contribution in [3.8, 4) is 0 Å². The zero-order chi connectivity index (χ0) is 12.1. The van der Waals surface area contributed by atoms with Crippen molar-refractivity contribution in [1.82, 2.24) is 10.6 Å². The molecule has 0 aromatic carbocycles. The van der Waals surface area contributed by atoms with Gasteiger partial charge >= 0.3 is 6.03 Å². The molecule has 0 bridgehead atoms. The van der Waals surface area contributed by atoms with Crippen LogP contribution in [0.3, 0.4) is 0 Å². The third-order valence-electron chi connectivity index (χ3n) is 3.47. The lowest BCUT2D eigenvalue weighted by Crippen LogP contribution is -2.46. The number of hydrogen-bond acceptors (Lipinski definition) is 1. The van der Waals surface area contributed by atoms with Crippen LogP contribution in [0, 0.1) is 11.8 Å². The van der Waals surface area contributed by atoms with Gasteiger partial charge in [-0.05, 0) is 51.4 Å². The first kappa shape index (κ1) is 13.3. The lowest BCUT2D eigenvalue weighted by atomic mass is 9.80. The first-order valence-corrected chi connectivity index (χ1v) is 6.56. The maximum Gasteiger partial charge on any atom is 0.315 e. The minimum atomic E-state index is -0.0111. The molecule has 0 radical (unpaired) electrons. The van der Waals surface area contributed by atoms with Crippen molar-refractivity contribution in [2.45, 2.75) is 65.5 Å². The van der Waals surface area contributed by atoms with E-state index in [4.69, 9.17) is 0 Å². The molecule has 1 rings (SSSR count). The van der Waals surface area contributed by atoms with Gasteiger partial charge in [-0.1, -0.05) is 13.8 Å². The predicted octanol–water partition coefficient (Wildman–Crippen LogP) is 2.91. The molecule has 0 aromatic heterocycles. The van der Waals surface area contributed by atoms with Gasteiger partial charge in [0.05, 0.1) is 0 Å². The van der Waals surface area contributed by atoms with E-state index in [0.29, 0.717) is 6.04 Å². The van der Waals surface area contributed by atoms with E-state index < -0.39 is 0 Å². The summed E-state index contributed by atoms with van der Waals surface area (Å²) in [5.41, 5.74) is 0. The maximum atomic E-state index is 11.5. The summed E-state index contributed by atoms with van der Waals surface area (Å²) in [7, 11) is 0. The molecular formula is C13H26N2O. The molecule has 1 aliphatic rings. The van der Waals surface area contributed by atoms with Crippen LogP contribution in [-0.2, 0) is 0 Å². The third kappa shape index (κ3) is 4.42. The molecule has 3 nitrogen and oxygen atoms in total. The number of nitrogens with one attached hydrogen (secondary N) is 2. The molecule has 0 aromatic rings. The number of rotatable bonds is 3. The summed E-state index contributed by atoms with van der Waals surface area (Å²) in [6.45, 7) is 8.55. The van der Waals surface area contributed by atoms with Crippen molar-refractivity contribution in [3.63, 3.8) is 0 Å². The summed E-state index contributed by atoms with van der Waals surface area (Å²) in [5.74, 6) is 1.64. The molecule has 16 heavy (non-hydrogen) atoms. The zero-order valence-corrected chi connectivity index (χ0v) is 11.0. The van der Waals surface area contributed by atoms with Gasteiger partial charge in [-0.25, -0.2) is 4.79 Å². The summed E-state index contributed by atoms with van der Waals surface area (Å²) in [5, 5.41) is 5.93. The first-order chi connectivity index (χ1) is 7.49. The normalized spacial score (nSPS) is 25.9. The Kier molecular flexibility index (Phi) is 5.10. The van der Waals surface area contributed by atoms with Crippen LogP contribution in [0.4, 0.5) is 4.79 Å². The van der Waals surface area contributed by atoms with Crippen LogP contribution in [0.25, 0.3) is 0 Å². The van der Waals surface area contributed by atoms with Crippen LogP contribution in [0.2, 0.25) is 0 Å². The Balaban J connectivity index is 2.24. The molecular weight excluding hydrogens is 200 g/mol. The number of hydrogen-bond donors (Lipinski definition) is 2. The fourth-order valence-electron chi connectivity index (χ4n) is 2.42. The van der Waals surface area contributed by atoms with E-state index >= 15 is 0 Å². The van der Waals surface area contributed by atoms with Crippen LogP contribution in [0.1, 0.15) is 53.4 Å². The third-order valence-corrected chi connectivity index (χ3v) is 3.47. The highest BCUT2D eigenvalue weighted by molar-refractivity contribution is 5.74. The molecule has 0 atom stereocenters. The molecule has 0 saturated heterocycles. The van der Waals surface area contributed by atoms with E-state index in [-0.39, 0.29) is 12.1 Å². The summed E-state index contributed by atoms with van der Waals surface area (Å²) < 4.78 is 0. The fourth-order valence-corrected chi connectivity index (χ4v) is 2.42. The average Bonchev–Trinajstić information content (AvgIpc) is 2.16. The number of urea groups is 1. The second-order valence-electron chi connectivity index (χ2n) is 5.63. The van der Waals surface area contributed by atoms with E-state index in [0.717, 1.165) is 24.7 Å². The van der Waals surface area contributed by atoms with Crippen molar-refractivity contribution in [2.24, 2.45) is 11.8 Å². The van der Waals surface area contributed by atoms with E-state index in [1.807, 2.05) is 13.8 Å². The predicted molar refractivity (Wildman–Crippen MR) is 67.4 cm³/mol. The Hall–Kier alpha value is -0.730.